The standard InChI is InChI=1S/C48H30N2S/c1-2-12-31(13-3-1)32-22-24-33(25-23-32)34-28-45(48-39-17-7-11-21-46(39)51-47(48)29-34)50-43-20-10-6-16-38(43)40-30-35(26-27-44(40)50)49-41-18-8-4-14-36(41)37-15-5-9-19-42(37)49/h1-30H. The molecule has 51 heavy (non-hydrogen) atoms. The molecule has 0 unspecified atom stereocenters. The highest BCUT2D eigenvalue weighted by Gasteiger charge is 2.20. The van der Waals surface area contributed by atoms with Crippen LogP contribution in [0.1, 0.15) is 0 Å². The molecule has 0 bridgehead atoms. The van der Waals surface area contributed by atoms with Crippen molar-refractivity contribution in [2.24, 2.45) is 0 Å². The zero-order valence-corrected chi connectivity index (χ0v) is 28.4. The van der Waals surface area contributed by atoms with Crippen LogP contribution in [0.15, 0.2) is 182 Å². The molecule has 0 fully saturated rings. The molecule has 0 amide bonds. The second-order valence-electron chi connectivity index (χ2n) is 13.3. The van der Waals surface area contributed by atoms with E-state index in [0.29, 0.717) is 0 Å². The minimum atomic E-state index is 1.17. The SMILES string of the molecule is c1ccc(-c2ccc(-c3cc(-n4c5ccccc5c5cc(-n6c7ccccc7c7ccccc76)ccc54)c4c(c3)sc3ccccc34)cc2)cc1. The van der Waals surface area contributed by atoms with E-state index >= 15 is 0 Å². The maximum absolute atomic E-state index is 2.50. The first-order chi connectivity index (χ1) is 25.3. The fourth-order valence-corrected chi connectivity index (χ4v) is 9.39. The highest BCUT2D eigenvalue weighted by Crippen LogP contribution is 2.44. The van der Waals surface area contributed by atoms with E-state index in [1.165, 1.54) is 97.4 Å². The van der Waals surface area contributed by atoms with E-state index in [-0.39, 0.29) is 0 Å². The molecular formula is C48H30N2S. The van der Waals surface area contributed by atoms with Crippen molar-refractivity contribution in [1.29, 1.82) is 0 Å². The molecule has 0 saturated carbocycles. The van der Waals surface area contributed by atoms with Crippen molar-refractivity contribution in [3.63, 3.8) is 0 Å². The van der Waals surface area contributed by atoms with Gasteiger partial charge in [0.2, 0.25) is 0 Å². The molecule has 0 spiro atoms. The number of nitrogens with zero attached hydrogens (tertiary/aromatic N) is 2. The highest BCUT2D eigenvalue weighted by molar-refractivity contribution is 7.26. The van der Waals surface area contributed by atoms with Gasteiger partial charge >= 0.3 is 0 Å². The average Bonchev–Trinajstić information content (AvgIpc) is 3.85. The lowest BCUT2D eigenvalue weighted by molar-refractivity contribution is 1.17. The summed E-state index contributed by atoms with van der Waals surface area (Å²) in [5.74, 6) is 0. The number of rotatable bonds is 4. The number of fused-ring (bicyclic) bond motifs is 9. The van der Waals surface area contributed by atoms with Gasteiger partial charge in [0.15, 0.2) is 0 Å². The molecule has 0 aliphatic carbocycles. The van der Waals surface area contributed by atoms with Gasteiger partial charge in [-0.3, -0.25) is 0 Å². The van der Waals surface area contributed by atoms with Crippen LogP contribution in [0.5, 0.6) is 0 Å². The van der Waals surface area contributed by atoms with Crippen molar-refractivity contribution in [1.82, 2.24) is 9.13 Å². The lowest BCUT2D eigenvalue weighted by atomic mass is 9.98. The van der Waals surface area contributed by atoms with Crippen molar-refractivity contribution in [3.05, 3.63) is 182 Å². The van der Waals surface area contributed by atoms with E-state index < -0.39 is 0 Å². The first kappa shape index (κ1) is 28.4. The summed E-state index contributed by atoms with van der Waals surface area (Å²) in [7, 11) is 0. The van der Waals surface area contributed by atoms with Crippen molar-refractivity contribution in [2.45, 2.75) is 0 Å². The smallest absolute Gasteiger partial charge is 0.0561 e. The van der Waals surface area contributed by atoms with Crippen LogP contribution in [0.4, 0.5) is 0 Å². The fraction of sp³-hybridized carbons (Fsp3) is 0. The van der Waals surface area contributed by atoms with E-state index in [4.69, 9.17) is 0 Å². The van der Waals surface area contributed by atoms with Gasteiger partial charge < -0.3 is 9.13 Å². The lowest BCUT2D eigenvalue weighted by Crippen LogP contribution is -1.97. The molecule has 3 heteroatoms. The molecule has 3 heterocycles. The van der Waals surface area contributed by atoms with Crippen LogP contribution in [0.3, 0.4) is 0 Å². The van der Waals surface area contributed by atoms with Crippen LogP contribution in [0.25, 0.3) is 97.4 Å². The van der Waals surface area contributed by atoms with Gasteiger partial charge in [-0.15, -0.1) is 11.3 Å². The Morgan fingerprint density at radius 2 is 0.824 bits per heavy atom. The molecule has 0 radical (unpaired) electrons. The van der Waals surface area contributed by atoms with Crippen molar-refractivity contribution in [3.8, 4) is 33.6 Å². The summed E-state index contributed by atoms with van der Waals surface area (Å²) in [6, 6.07) is 66.7. The Labute approximate surface area is 298 Å². The maximum Gasteiger partial charge on any atom is 0.0561 e. The Morgan fingerprint density at radius 3 is 1.51 bits per heavy atom. The molecule has 2 nitrogen and oxygen atoms in total. The molecule has 0 N–H and O–H groups in total. The number of hydrogen-bond acceptors (Lipinski definition) is 1. The van der Waals surface area contributed by atoms with Crippen molar-refractivity contribution < 1.29 is 0 Å². The van der Waals surface area contributed by atoms with Gasteiger partial charge in [0.05, 0.1) is 27.8 Å². The van der Waals surface area contributed by atoms with E-state index in [9.17, 15) is 0 Å². The Kier molecular flexibility index (Phi) is 6.16. The fourth-order valence-electron chi connectivity index (χ4n) is 8.22. The van der Waals surface area contributed by atoms with Gasteiger partial charge in [-0.2, -0.15) is 0 Å². The number of para-hydroxylation sites is 3. The summed E-state index contributed by atoms with van der Waals surface area (Å²) in [4.78, 5) is 0. The number of benzene rings is 8. The zero-order chi connectivity index (χ0) is 33.5. The molecule has 0 saturated heterocycles. The summed E-state index contributed by atoms with van der Waals surface area (Å²) in [5.41, 5.74) is 12.1. The highest BCUT2D eigenvalue weighted by atomic mass is 32.1. The molecule has 11 rings (SSSR count). The molecule has 238 valence electrons. The molecular weight excluding hydrogens is 637 g/mol. The van der Waals surface area contributed by atoms with Crippen LogP contribution in [0, 0.1) is 0 Å². The monoisotopic (exact) mass is 666 g/mol. The molecule has 8 aromatic carbocycles. The normalized spacial score (nSPS) is 11.9. The van der Waals surface area contributed by atoms with Crippen LogP contribution >= 0.6 is 11.3 Å². The van der Waals surface area contributed by atoms with Crippen LogP contribution in [-0.2, 0) is 0 Å². The van der Waals surface area contributed by atoms with Crippen LogP contribution in [-0.4, -0.2) is 9.13 Å². The molecule has 3 aromatic heterocycles. The van der Waals surface area contributed by atoms with E-state index in [1.54, 1.807) is 0 Å². The summed E-state index contributed by atoms with van der Waals surface area (Å²) in [6.07, 6.45) is 0. The van der Waals surface area contributed by atoms with Crippen molar-refractivity contribution >= 4 is 75.1 Å². The van der Waals surface area contributed by atoms with Crippen LogP contribution < -0.4 is 0 Å². The second-order valence-corrected chi connectivity index (χ2v) is 14.4. The van der Waals surface area contributed by atoms with Gasteiger partial charge in [-0.05, 0) is 76.9 Å². The third-order valence-corrected chi connectivity index (χ3v) is 11.6. The largest absolute Gasteiger partial charge is 0.309 e. The number of aromatic nitrogens is 2. The Balaban J connectivity index is 1.18. The first-order valence-electron chi connectivity index (χ1n) is 17.4. The maximum atomic E-state index is 2.50. The minimum Gasteiger partial charge on any atom is -0.309 e. The Morgan fingerprint density at radius 1 is 0.314 bits per heavy atom. The second kappa shape index (κ2) is 11.0. The summed E-state index contributed by atoms with van der Waals surface area (Å²) >= 11 is 1.88. The predicted octanol–water partition coefficient (Wildman–Crippen LogP) is 13.6. The van der Waals surface area contributed by atoms with Gasteiger partial charge in [0.1, 0.15) is 0 Å². The Bertz CT molecular complexity index is 3070. The third kappa shape index (κ3) is 4.29. The molecule has 0 aliphatic rings. The number of hydrogen-bond donors (Lipinski definition) is 0. The first-order valence-corrected chi connectivity index (χ1v) is 18.3. The third-order valence-electron chi connectivity index (χ3n) is 10.5. The van der Waals surface area contributed by atoms with E-state index in [2.05, 4.69) is 191 Å². The summed E-state index contributed by atoms with van der Waals surface area (Å²) < 4.78 is 7.52. The molecule has 0 atom stereocenters. The van der Waals surface area contributed by atoms with Gasteiger partial charge in [-0.25, -0.2) is 0 Å². The molecule has 11 aromatic rings. The Hall–Kier alpha value is -6.42. The van der Waals surface area contributed by atoms with Gasteiger partial charge in [-0.1, -0.05) is 127 Å². The summed E-state index contributed by atoms with van der Waals surface area (Å²) in [5, 5.41) is 7.64. The zero-order valence-electron chi connectivity index (χ0n) is 27.6. The quantitative estimate of drug-likeness (QED) is 0.177. The van der Waals surface area contributed by atoms with Gasteiger partial charge in [0, 0.05) is 47.4 Å². The van der Waals surface area contributed by atoms with E-state index in [1.807, 2.05) is 11.3 Å². The van der Waals surface area contributed by atoms with Crippen molar-refractivity contribution in [2.75, 3.05) is 0 Å². The predicted molar refractivity (Wildman–Crippen MR) is 219 cm³/mol. The van der Waals surface area contributed by atoms with Crippen LogP contribution in [0.2, 0.25) is 0 Å². The number of thiophene rings is 1. The van der Waals surface area contributed by atoms with Gasteiger partial charge in [0.25, 0.3) is 0 Å². The topological polar surface area (TPSA) is 9.86 Å². The summed E-state index contributed by atoms with van der Waals surface area (Å²) in [6.45, 7) is 0. The molecule has 0 aliphatic heterocycles. The van der Waals surface area contributed by atoms with E-state index in [0.717, 1.165) is 0 Å². The minimum absolute atomic E-state index is 1.17. The average molecular weight is 667 g/mol. The lowest BCUT2D eigenvalue weighted by Gasteiger charge is -2.14.